The first-order valence-electron chi connectivity index (χ1n) is 5.94. The number of hydrogen-bond donors (Lipinski definition) is 1. The van der Waals surface area contributed by atoms with Gasteiger partial charge in [0, 0.05) is 5.56 Å². The van der Waals surface area contributed by atoms with Crippen molar-refractivity contribution < 1.29 is 27.5 Å². The number of alkyl halides is 3. The van der Waals surface area contributed by atoms with E-state index in [4.69, 9.17) is 0 Å². The molecule has 2 rings (SSSR count). The number of aliphatic hydroxyl groups is 1. The van der Waals surface area contributed by atoms with Crippen LogP contribution >= 0.6 is 0 Å². The summed E-state index contributed by atoms with van der Waals surface area (Å²) in [6, 6.07) is 9.62. The summed E-state index contributed by atoms with van der Waals surface area (Å²) < 4.78 is 51.0. The zero-order valence-electron chi connectivity index (χ0n) is 10.6. The van der Waals surface area contributed by atoms with Crippen LogP contribution in [-0.2, 0) is 6.18 Å². The summed E-state index contributed by atoms with van der Waals surface area (Å²) in [6.07, 6.45) is -6.68. The SMILES string of the molecule is O=C(c1ccccc1)C(O)c1ccc(F)c(C(F)(F)F)c1. The van der Waals surface area contributed by atoms with Crippen LogP contribution in [-0.4, -0.2) is 10.9 Å². The Labute approximate surface area is 117 Å². The average Bonchev–Trinajstić information content (AvgIpc) is 2.46. The second kappa shape index (κ2) is 5.65. The Morgan fingerprint density at radius 1 is 1.05 bits per heavy atom. The maximum absolute atomic E-state index is 13.2. The fourth-order valence-electron chi connectivity index (χ4n) is 1.84. The summed E-state index contributed by atoms with van der Waals surface area (Å²) in [6.45, 7) is 0. The summed E-state index contributed by atoms with van der Waals surface area (Å²) in [5.74, 6) is -2.21. The molecule has 1 unspecified atom stereocenters. The van der Waals surface area contributed by atoms with E-state index >= 15 is 0 Å². The fraction of sp³-hybridized carbons (Fsp3) is 0.133. The number of aliphatic hydroxyl groups excluding tert-OH is 1. The Kier molecular flexibility index (Phi) is 4.09. The van der Waals surface area contributed by atoms with Gasteiger partial charge in [-0.05, 0) is 17.7 Å². The first-order valence-corrected chi connectivity index (χ1v) is 5.94. The molecule has 0 heterocycles. The number of carbonyl (C=O) groups is 1. The third-order valence-electron chi connectivity index (χ3n) is 2.92. The van der Waals surface area contributed by atoms with Crippen molar-refractivity contribution in [2.24, 2.45) is 0 Å². The second-order valence-corrected chi connectivity index (χ2v) is 4.37. The molecule has 0 aromatic heterocycles. The molecule has 0 radical (unpaired) electrons. The molecule has 21 heavy (non-hydrogen) atoms. The zero-order chi connectivity index (χ0) is 15.6. The van der Waals surface area contributed by atoms with Crippen LogP contribution in [0.1, 0.15) is 27.6 Å². The van der Waals surface area contributed by atoms with Crippen LogP contribution < -0.4 is 0 Å². The lowest BCUT2D eigenvalue weighted by Gasteiger charge is -2.13. The molecule has 2 aromatic rings. The van der Waals surface area contributed by atoms with Gasteiger partial charge in [0.25, 0.3) is 0 Å². The first-order chi connectivity index (χ1) is 9.80. The van der Waals surface area contributed by atoms with E-state index in [1.165, 1.54) is 12.1 Å². The van der Waals surface area contributed by atoms with Crippen molar-refractivity contribution in [1.82, 2.24) is 0 Å². The molecule has 0 saturated heterocycles. The van der Waals surface area contributed by atoms with Crippen LogP contribution in [0, 0.1) is 5.82 Å². The lowest BCUT2D eigenvalue weighted by molar-refractivity contribution is -0.140. The van der Waals surface area contributed by atoms with Crippen molar-refractivity contribution in [3.63, 3.8) is 0 Å². The maximum atomic E-state index is 13.2. The number of halogens is 4. The molecular weight excluding hydrogens is 288 g/mol. The van der Waals surface area contributed by atoms with Gasteiger partial charge in [0.2, 0.25) is 0 Å². The van der Waals surface area contributed by atoms with Gasteiger partial charge in [-0.1, -0.05) is 36.4 Å². The van der Waals surface area contributed by atoms with Gasteiger partial charge in [-0.3, -0.25) is 4.79 Å². The van der Waals surface area contributed by atoms with Crippen molar-refractivity contribution >= 4 is 5.78 Å². The van der Waals surface area contributed by atoms with Gasteiger partial charge in [0.15, 0.2) is 5.78 Å². The minimum absolute atomic E-state index is 0.155. The van der Waals surface area contributed by atoms with Crippen LogP contribution in [0.4, 0.5) is 17.6 Å². The van der Waals surface area contributed by atoms with Gasteiger partial charge in [0.05, 0.1) is 5.56 Å². The minimum atomic E-state index is -4.89. The standard InChI is InChI=1S/C15H10F4O2/c16-12-7-6-10(8-11(12)15(17,18)19)14(21)13(20)9-4-2-1-3-5-9/h1-8,14,21H. The molecule has 0 aliphatic heterocycles. The average molecular weight is 298 g/mol. The van der Waals surface area contributed by atoms with Gasteiger partial charge in [0.1, 0.15) is 11.9 Å². The van der Waals surface area contributed by atoms with Crippen molar-refractivity contribution in [3.05, 3.63) is 71.0 Å². The molecule has 6 heteroatoms. The van der Waals surface area contributed by atoms with Crippen LogP contribution in [0.3, 0.4) is 0 Å². The van der Waals surface area contributed by atoms with Gasteiger partial charge >= 0.3 is 6.18 Å². The lowest BCUT2D eigenvalue weighted by atomic mass is 9.98. The van der Waals surface area contributed by atoms with Crippen LogP contribution in [0.15, 0.2) is 48.5 Å². The molecule has 1 atom stereocenters. The van der Waals surface area contributed by atoms with E-state index in [0.29, 0.717) is 12.1 Å². The molecule has 110 valence electrons. The van der Waals surface area contributed by atoms with E-state index in [-0.39, 0.29) is 11.1 Å². The van der Waals surface area contributed by atoms with E-state index in [1.54, 1.807) is 18.2 Å². The Morgan fingerprint density at radius 2 is 1.67 bits per heavy atom. The number of rotatable bonds is 3. The number of carbonyl (C=O) groups excluding carboxylic acids is 1. The lowest BCUT2D eigenvalue weighted by Crippen LogP contribution is -2.15. The van der Waals surface area contributed by atoms with Gasteiger partial charge < -0.3 is 5.11 Å². The molecule has 2 nitrogen and oxygen atoms in total. The predicted octanol–water partition coefficient (Wildman–Crippen LogP) is 3.76. The first kappa shape index (κ1) is 15.2. The molecule has 0 spiro atoms. The van der Waals surface area contributed by atoms with Crippen LogP contribution in [0.5, 0.6) is 0 Å². The molecule has 0 fully saturated rings. The third-order valence-corrected chi connectivity index (χ3v) is 2.92. The van der Waals surface area contributed by atoms with E-state index in [2.05, 4.69) is 0 Å². The molecule has 1 N–H and O–H groups in total. The fourth-order valence-corrected chi connectivity index (χ4v) is 1.84. The number of ketones is 1. The summed E-state index contributed by atoms with van der Waals surface area (Å²) in [7, 11) is 0. The highest BCUT2D eigenvalue weighted by molar-refractivity contribution is 5.99. The van der Waals surface area contributed by atoms with Crippen molar-refractivity contribution in [3.8, 4) is 0 Å². The Hall–Kier alpha value is -2.21. The van der Waals surface area contributed by atoms with E-state index in [1.807, 2.05) is 0 Å². The number of benzene rings is 2. The van der Waals surface area contributed by atoms with Crippen molar-refractivity contribution in [2.45, 2.75) is 12.3 Å². The predicted molar refractivity (Wildman–Crippen MR) is 67.1 cm³/mol. The second-order valence-electron chi connectivity index (χ2n) is 4.37. The van der Waals surface area contributed by atoms with E-state index < -0.39 is 29.4 Å². The molecule has 0 amide bonds. The Bertz CT molecular complexity index is 650. The quantitative estimate of drug-likeness (QED) is 0.692. The van der Waals surface area contributed by atoms with Gasteiger partial charge in [-0.2, -0.15) is 13.2 Å². The summed E-state index contributed by atoms with van der Waals surface area (Å²) in [4.78, 5) is 12.0. The molecule has 0 aliphatic carbocycles. The molecule has 0 bridgehead atoms. The van der Waals surface area contributed by atoms with Crippen molar-refractivity contribution in [1.29, 1.82) is 0 Å². The Morgan fingerprint density at radius 3 is 2.24 bits per heavy atom. The maximum Gasteiger partial charge on any atom is 0.419 e. The highest BCUT2D eigenvalue weighted by Crippen LogP contribution is 2.33. The third kappa shape index (κ3) is 3.28. The minimum Gasteiger partial charge on any atom is -0.380 e. The van der Waals surface area contributed by atoms with Crippen molar-refractivity contribution in [2.75, 3.05) is 0 Å². The molecular formula is C15H10F4O2. The molecule has 0 saturated carbocycles. The van der Waals surface area contributed by atoms with E-state index in [9.17, 15) is 27.5 Å². The largest absolute Gasteiger partial charge is 0.419 e. The normalized spacial score (nSPS) is 13.0. The van der Waals surface area contributed by atoms with Crippen LogP contribution in [0.25, 0.3) is 0 Å². The van der Waals surface area contributed by atoms with E-state index in [0.717, 1.165) is 6.07 Å². The highest BCUT2D eigenvalue weighted by atomic mass is 19.4. The zero-order valence-corrected chi connectivity index (χ0v) is 10.6. The monoisotopic (exact) mass is 298 g/mol. The number of Topliss-reactive ketones (excluding diaryl/α,β-unsaturated/α-hetero) is 1. The van der Waals surface area contributed by atoms with Crippen LogP contribution in [0.2, 0.25) is 0 Å². The number of hydrogen-bond acceptors (Lipinski definition) is 2. The smallest absolute Gasteiger partial charge is 0.380 e. The molecule has 2 aromatic carbocycles. The highest BCUT2D eigenvalue weighted by Gasteiger charge is 2.35. The Balaban J connectivity index is 2.36. The summed E-state index contributed by atoms with van der Waals surface area (Å²) in [5, 5.41) is 9.88. The van der Waals surface area contributed by atoms with Gasteiger partial charge in [-0.15, -0.1) is 0 Å². The summed E-state index contributed by atoms with van der Waals surface area (Å²) in [5.41, 5.74) is -1.67. The molecule has 0 aliphatic rings. The topological polar surface area (TPSA) is 37.3 Å². The van der Waals surface area contributed by atoms with Gasteiger partial charge in [-0.25, -0.2) is 4.39 Å². The summed E-state index contributed by atoms with van der Waals surface area (Å²) >= 11 is 0.